The van der Waals surface area contributed by atoms with Crippen LogP contribution in [0.3, 0.4) is 0 Å². The average molecular weight is 295 g/mol. The summed E-state index contributed by atoms with van der Waals surface area (Å²) in [6.07, 6.45) is 2.20. The molecular weight excluding hydrogens is 278 g/mol. The first-order valence-electron chi connectivity index (χ1n) is 7.21. The predicted molar refractivity (Wildman–Crippen MR) is 87.8 cm³/mol. The summed E-state index contributed by atoms with van der Waals surface area (Å²) in [6.45, 7) is 4.21. The second-order valence-corrected chi connectivity index (χ2v) is 7.05. The van der Waals surface area contributed by atoms with Crippen LogP contribution in [0.25, 0.3) is 10.2 Å². The molecule has 1 fully saturated rings. The highest BCUT2D eigenvalue weighted by atomic mass is 32.1. The normalized spacial score (nSPS) is 16.3. The van der Waals surface area contributed by atoms with Gasteiger partial charge in [-0.1, -0.05) is 30.3 Å². The van der Waals surface area contributed by atoms with E-state index in [1.165, 1.54) is 16.0 Å². The maximum absolute atomic E-state index is 6.23. The quantitative estimate of drug-likeness (QED) is 0.778. The molecule has 0 radical (unpaired) electrons. The molecule has 0 saturated heterocycles. The largest absolute Gasteiger partial charge is 0.383 e. The van der Waals surface area contributed by atoms with E-state index < -0.39 is 0 Å². The molecule has 1 aromatic carbocycles. The summed E-state index contributed by atoms with van der Waals surface area (Å²) in [5.41, 5.74) is 8.72. The fraction of sp³-hybridized carbons (Fsp3) is 0.294. The van der Waals surface area contributed by atoms with Crippen LogP contribution >= 0.6 is 11.3 Å². The lowest BCUT2D eigenvalue weighted by Gasteiger charge is -2.15. The van der Waals surface area contributed by atoms with Crippen LogP contribution in [0.5, 0.6) is 0 Å². The summed E-state index contributed by atoms with van der Waals surface area (Å²) in [7, 11) is 0. The van der Waals surface area contributed by atoms with Crippen LogP contribution in [-0.4, -0.2) is 9.97 Å². The Morgan fingerprint density at radius 3 is 2.48 bits per heavy atom. The lowest BCUT2D eigenvalue weighted by molar-refractivity contribution is 0.766. The maximum atomic E-state index is 6.23. The SMILES string of the molecule is Cc1sc2nc(C3(c4ccccc4)CC3)nc(N)c2c1C. The highest BCUT2D eigenvalue weighted by Gasteiger charge is 2.49. The molecule has 0 bridgehead atoms. The summed E-state index contributed by atoms with van der Waals surface area (Å²) in [4.78, 5) is 11.8. The van der Waals surface area contributed by atoms with E-state index in [-0.39, 0.29) is 5.41 Å². The lowest BCUT2D eigenvalue weighted by atomic mass is 9.95. The Morgan fingerprint density at radius 2 is 1.81 bits per heavy atom. The molecular formula is C17H17N3S. The number of anilines is 1. The van der Waals surface area contributed by atoms with E-state index in [9.17, 15) is 0 Å². The molecule has 4 rings (SSSR count). The van der Waals surface area contributed by atoms with Gasteiger partial charge in [-0.05, 0) is 37.8 Å². The fourth-order valence-electron chi connectivity index (χ4n) is 3.02. The Balaban J connectivity index is 1.92. The third-order valence-electron chi connectivity index (χ3n) is 4.56. The van der Waals surface area contributed by atoms with Crippen LogP contribution in [-0.2, 0) is 5.41 Å². The zero-order valence-corrected chi connectivity index (χ0v) is 13.0. The number of nitrogens with zero attached hydrogens (tertiary/aromatic N) is 2. The van der Waals surface area contributed by atoms with Crippen LogP contribution in [0.4, 0.5) is 5.82 Å². The van der Waals surface area contributed by atoms with Gasteiger partial charge in [-0.3, -0.25) is 0 Å². The first-order chi connectivity index (χ1) is 10.1. The first kappa shape index (κ1) is 12.8. The number of hydrogen-bond acceptors (Lipinski definition) is 4. The number of aromatic nitrogens is 2. The Bertz CT molecular complexity index is 832. The Kier molecular flexibility index (Phi) is 2.60. The minimum Gasteiger partial charge on any atom is -0.383 e. The average Bonchev–Trinajstić information content (AvgIpc) is 3.24. The number of nitrogens with two attached hydrogens (primary N) is 1. The summed E-state index contributed by atoms with van der Waals surface area (Å²) in [6, 6.07) is 10.5. The topological polar surface area (TPSA) is 51.8 Å². The van der Waals surface area contributed by atoms with Gasteiger partial charge in [-0.15, -0.1) is 11.3 Å². The van der Waals surface area contributed by atoms with Gasteiger partial charge in [0.2, 0.25) is 0 Å². The minimum absolute atomic E-state index is 0.0185. The van der Waals surface area contributed by atoms with E-state index in [4.69, 9.17) is 10.7 Å². The van der Waals surface area contributed by atoms with E-state index >= 15 is 0 Å². The molecule has 0 aliphatic heterocycles. The molecule has 3 aromatic rings. The van der Waals surface area contributed by atoms with Crippen LogP contribution in [0.15, 0.2) is 30.3 Å². The van der Waals surface area contributed by atoms with Crippen LogP contribution in [0, 0.1) is 13.8 Å². The molecule has 21 heavy (non-hydrogen) atoms. The molecule has 0 amide bonds. The second kappa shape index (κ2) is 4.28. The van der Waals surface area contributed by atoms with Gasteiger partial charge in [0, 0.05) is 4.88 Å². The minimum atomic E-state index is -0.0185. The van der Waals surface area contributed by atoms with Crippen molar-refractivity contribution in [1.29, 1.82) is 0 Å². The number of rotatable bonds is 2. The Hall–Kier alpha value is -1.94. The number of nitrogen functional groups attached to an aromatic ring is 1. The third-order valence-corrected chi connectivity index (χ3v) is 5.66. The number of hydrogen-bond donors (Lipinski definition) is 1. The molecule has 106 valence electrons. The zero-order valence-electron chi connectivity index (χ0n) is 12.2. The fourth-order valence-corrected chi connectivity index (χ4v) is 4.06. The van der Waals surface area contributed by atoms with Crippen molar-refractivity contribution in [3.8, 4) is 0 Å². The van der Waals surface area contributed by atoms with E-state index in [1.54, 1.807) is 11.3 Å². The standard InChI is InChI=1S/C17H17N3S/c1-10-11(2)21-15-13(10)14(18)19-16(20-15)17(8-9-17)12-6-4-3-5-7-12/h3-7H,8-9H2,1-2H3,(H2,18,19,20). The first-order valence-corrected chi connectivity index (χ1v) is 8.03. The maximum Gasteiger partial charge on any atom is 0.142 e. The van der Waals surface area contributed by atoms with Crippen LogP contribution in [0.2, 0.25) is 0 Å². The van der Waals surface area contributed by atoms with Gasteiger partial charge in [0.25, 0.3) is 0 Å². The Morgan fingerprint density at radius 1 is 1.10 bits per heavy atom. The molecule has 1 aliphatic carbocycles. The molecule has 0 atom stereocenters. The van der Waals surface area contributed by atoms with Crippen molar-refractivity contribution in [2.45, 2.75) is 32.1 Å². The van der Waals surface area contributed by atoms with Crippen molar-refractivity contribution >= 4 is 27.4 Å². The van der Waals surface area contributed by atoms with Crippen molar-refractivity contribution in [2.75, 3.05) is 5.73 Å². The van der Waals surface area contributed by atoms with E-state index in [1.807, 2.05) is 6.07 Å². The molecule has 4 heteroatoms. The van der Waals surface area contributed by atoms with Crippen molar-refractivity contribution in [3.63, 3.8) is 0 Å². The highest BCUT2D eigenvalue weighted by Crippen LogP contribution is 2.52. The van der Waals surface area contributed by atoms with E-state index in [0.29, 0.717) is 5.82 Å². The molecule has 3 nitrogen and oxygen atoms in total. The molecule has 0 spiro atoms. The molecule has 2 aromatic heterocycles. The lowest BCUT2D eigenvalue weighted by Crippen LogP contribution is -2.14. The number of aryl methyl sites for hydroxylation is 2. The van der Waals surface area contributed by atoms with Crippen molar-refractivity contribution in [3.05, 3.63) is 52.2 Å². The van der Waals surface area contributed by atoms with E-state index in [0.717, 1.165) is 28.9 Å². The Labute approximate surface area is 127 Å². The van der Waals surface area contributed by atoms with Crippen molar-refractivity contribution in [2.24, 2.45) is 0 Å². The number of thiophene rings is 1. The van der Waals surface area contributed by atoms with Gasteiger partial charge in [-0.2, -0.15) is 0 Å². The number of fused-ring (bicyclic) bond motifs is 1. The molecule has 1 saturated carbocycles. The van der Waals surface area contributed by atoms with E-state index in [2.05, 4.69) is 43.1 Å². The summed E-state index contributed by atoms with van der Waals surface area (Å²) < 4.78 is 0. The van der Waals surface area contributed by atoms with Crippen LogP contribution < -0.4 is 5.73 Å². The van der Waals surface area contributed by atoms with Gasteiger partial charge in [0.15, 0.2) is 0 Å². The summed E-state index contributed by atoms with van der Waals surface area (Å²) >= 11 is 1.72. The molecule has 2 N–H and O–H groups in total. The highest BCUT2D eigenvalue weighted by molar-refractivity contribution is 7.18. The van der Waals surface area contributed by atoms with Gasteiger partial charge in [0.05, 0.1) is 10.8 Å². The second-order valence-electron chi connectivity index (χ2n) is 5.84. The van der Waals surface area contributed by atoms with Crippen molar-refractivity contribution < 1.29 is 0 Å². The number of benzene rings is 1. The summed E-state index contributed by atoms with van der Waals surface area (Å²) in [5.74, 6) is 1.51. The van der Waals surface area contributed by atoms with Gasteiger partial charge in [0.1, 0.15) is 16.5 Å². The van der Waals surface area contributed by atoms with Gasteiger partial charge >= 0.3 is 0 Å². The zero-order chi connectivity index (χ0) is 14.6. The monoisotopic (exact) mass is 295 g/mol. The molecule has 2 heterocycles. The van der Waals surface area contributed by atoms with Gasteiger partial charge < -0.3 is 5.73 Å². The van der Waals surface area contributed by atoms with Crippen LogP contribution in [0.1, 0.15) is 34.7 Å². The van der Waals surface area contributed by atoms with Crippen molar-refractivity contribution in [1.82, 2.24) is 9.97 Å². The third kappa shape index (κ3) is 1.79. The van der Waals surface area contributed by atoms with Gasteiger partial charge in [-0.25, -0.2) is 9.97 Å². The predicted octanol–water partition coefficient (Wildman–Crippen LogP) is 3.97. The molecule has 0 unspecified atom stereocenters. The molecule has 1 aliphatic rings. The smallest absolute Gasteiger partial charge is 0.142 e. The summed E-state index contributed by atoms with van der Waals surface area (Å²) in [5, 5.41) is 1.03.